The third kappa shape index (κ3) is 8.69. The molecule has 0 heterocycles. The lowest BCUT2D eigenvalue weighted by Gasteiger charge is -2.43. The predicted molar refractivity (Wildman–Crippen MR) is 132 cm³/mol. The third-order valence-corrected chi connectivity index (χ3v) is 15.7. The van der Waals surface area contributed by atoms with Gasteiger partial charge < -0.3 is 24.2 Å². The molecule has 0 amide bonds. The summed E-state index contributed by atoms with van der Waals surface area (Å²) in [5.74, 6) is 0. The highest BCUT2D eigenvalue weighted by atomic mass is 28.4. The minimum absolute atomic E-state index is 0.00231. The second kappa shape index (κ2) is 11.0. The molecule has 0 aliphatic heterocycles. The molecule has 0 aromatic carbocycles. The highest BCUT2D eigenvalue weighted by molar-refractivity contribution is 6.74. The van der Waals surface area contributed by atoms with Crippen molar-refractivity contribution in [3.05, 3.63) is 24.8 Å². The van der Waals surface area contributed by atoms with Gasteiger partial charge in [0.05, 0.1) is 18.3 Å². The van der Waals surface area contributed by atoms with Crippen LogP contribution in [-0.2, 0) is 8.85 Å². The van der Waals surface area contributed by atoms with Gasteiger partial charge in [0.1, 0.15) is 12.2 Å². The Bertz CT molecular complexity index is 561. The van der Waals surface area contributed by atoms with Crippen LogP contribution in [0.2, 0.25) is 36.3 Å². The average Bonchev–Trinajstić information content (AvgIpc) is 2.54. The molecular formula is C23H48O5Si2. The molecule has 7 heteroatoms. The molecule has 3 N–H and O–H groups in total. The van der Waals surface area contributed by atoms with E-state index in [0.717, 1.165) is 0 Å². The van der Waals surface area contributed by atoms with Crippen LogP contribution in [0, 0.1) is 0 Å². The molecule has 0 spiro atoms. The molecule has 0 fully saturated rings. The van der Waals surface area contributed by atoms with Crippen molar-refractivity contribution in [2.24, 2.45) is 0 Å². The highest BCUT2D eigenvalue weighted by Crippen LogP contribution is 2.39. The lowest BCUT2D eigenvalue weighted by atomic mass is 10.0. The van der Waals surface area contributed by atoms with Crippen LogP contribution in [0.3, 0.4) is 0 Å². The van der Waals surface area contributed by atoms with Crippen LogP contribution in [-0.4, -0.2) is 62.5 Å². The molecular weight excluding hydrogens is 412 g/mol. The van der Waals surface area contributed by atoms with Crippen LogP contribution in [0.15, 0.2) is 24.8 Å². The Labute approximate surface area is 187 Å². The van der Waals surface area contributed by atoms with Crippen molar-refractivity contribution >= 4 is 16.6 Å². The Morgan fingerprint density at radius 3 is 1.63 bits per heavy atom. The summed E-state index contributed by atoms with van der Waals surface area (Å²) in [6.45, 7) is 26.7. The topological polar surface area (TPSA) is 79.2 Å². The second-order valence-corrected chi connectivity index (χ2v) is 20.9. The summed E-state index contributed by atoms with van der Waals surface area (Å²) in [6, 6.07) is 0. The Hall–Kier alpha value is -0.286. The Kier molecular flexibility index (Phi) is 10.9. The standard InChI is InChI=1S/C23H48O5Si2/c1-13-14-18(24)15-16-19(28-30(11,12)23(6,7)8)21(26)20(25)17(2)27-29(9,10)22(3,4)5/h13,15-21,24-26H,1,14H2,2-12H3/b16-15-/t17-,18+,19-,20-,21-/m0/s1. The van der Waals surface area contributed by atoms with Gasteiger partial charge in [-0.1, -0.05) is 59.8 Å². The highest BCUT2D eigenvalue weighted by Gasteiger charge is 2.44. The summed E-state index contributed by atoms with van der Waals surface area (Å²) in [6.07, 6.45) is 1.03. The number of hydrogen-bond donors (Lipinski definition) is 3. The van der Waals surface area contributed by atoms with Gasteiger partial charge in [0.15, 0.2) is 16.6 Å². The molecule has 178 valence electrons. The molecule has 0 unspecified atom stereocenters. The molecule has 0 saturated carbocycles. The van der Waals surface area contributed by atoms with E-state index < -0.39 is 47.2 Å². The first-order valence-corrected chi connectivity index (χ1v) is 16.8. The molecule has 0 saturated heterocycles. The van der Waals surface area contributed by atoms with Crippen molar-refractivity contribution in [3.8, 4) is 0 Å². The first kappa shape index (κ1) is 29.7. The van der Waals surface area contributed by atoms with E-state index in [1.165, 1.54) is 0 Å². The lowest BCUT2D eigenvalue weighted by molar-refractivity contribution is -0.0808. The Balaban J connectivity index is 5.67. The predicted octanol–water partition coefficient (Wildman–Crippen LogP) is 5.00. The van der Waals surface area contributed by atoms with Crippen molar-refractivity contribution in [1.29, 1.82) is 0 Å². The molecule has 0 bridgehead atoms. The van der Waals surface area contributed by atoms with Crippen molar-refractivity contribution in [2.45, 2.75) is 122 Å². The van der Waals surface area contributed by atoms with E-state index in [4.69, 9.17) is 8.85 Å². The Morgan fingerprint density at radius 1 is 0.800 bits per heavy atom. The largest absolute Gasteiger partial charge is 0.411 e. The van der Waals surface area contributed by atoms with Gasteiger partial charge in [-0.3, -0.25) is 0 Å². The van der Waals surface area contributed by atoms with Crippen LogP contribution < -0.4 is 0 Å². The van der Waals surface area contributed by atoms with E-state index in [-0.39, 0.29) is 10.1 Å². The summed E-state index contributed by atoms with van der Waals surface area (Å²) in [7, 11) is -4.34. The molecule has 0 radical (unpaired) electrons. The number of rotatable bonds is 11. The van der Waals surface area contributed by atoms with Gasteiger partial charge in [-0.05, 0) is 49.6 Å². The minimum Gasteiger partial charge on any atom is -0.411 e. The molecule has 0 aromatic heterocycles. The van der Waals surface area contributed by atoms with Gasteiger partial charge in [0.2, 0.25) is 0 Å². The fourth-order valence-electron chi connectivity index (χ4n) is 2.41. The SMILES string of the molecule is C=CC[C@@H](O)/C=C\[C@H](O[Si](C)(C)C(C)(C)C)[C@H](O)[C@@H](O)[C@H](C)O[Si](C)(C)C(C)(C)C. The molecule has 0 rings (SSSR count). The number of aliphatic hydroxyl groups is 3. The maximum atomic E-state index is 11.0. The summed E-state index contributed by atoms with van der Waals surface area (Å²) in [5.41, 5.74) is 0. The van der Waals surface area contributed by atoms with E-state index in [1.54, 1.807) is 25.2 Å². The average molecular weight is 461 g/mol. The van der Waals surface area contributed by atoms with Gasteiger partial charge in [-0.25, -0.2) is 0 Å². The smallest absolute Gasteiger partial charge is 0.193 e. The maximum absolute atomic E-state index is 11.0. The molecule has 5 nitrogen and oxygen atoms in total. The van der Waals surface area contributed by atoms with E-state index in [1.807, 2.05) is 0 Å². The summed E-state index contributed by atoms with van der Waals surface area (Å²) < 4.78 is 12.7. The minimum atomic E-state index is -2.23. The van der Waals surface area contributed by atoms with E-state index in [2.05, 4.69) is 74.3 Å². The van der Waals surface area contributed by atoms with Crippen molar-refractivity contribution < 1.29 is 24.2 Å². The van der Waals surface area contributed by atoms with Crippen LogP contribution in [0.1, 0.15) is 54.9 Å². The third-order valence-electron chi connectivity index (χ3n) is 6.62. The van der Waals surface area contributed by atoms with Gasteiger partial charge in [-0.15, -0.1) is 6.58 Å². The van der Waals surface area contributed by atoms with E-state index >= 15 is 0 Å². The molecule has 0 aromatic rings. The monoisotopic (exact) mass is 460 g/mol. The first-order valence-electron chi connectivity index (χ1n) is 11.0. The van der Waals surface area contributed by atoms with Crippen molar-refractivity contribution in [3.63, 3.8) is 0 Å². The maximum Gasteiger partial charge on any atom is 0.193 e. The van der Waals surface area contributed by atoms with E-state index in [9.17, 15) is 15.3 Å². The summed E-state index contributed by atoms with van der Waals surface area (Å²) in [4.78, 5) is 0. The quantitative estimate of drug-likeness (QED) is 0.299. The number of hydrogen-bond acceptors (Lipinski definition) is 5. The zero-order valence-corrected chi connectivity index (χ0v) is 23.2. The van der Waals surface area contributed by atoms with Crippen LogP contribution >= 0.6 is 0 Å². The molecule has 5 atom stereocenters. The van der Waals surface area contributed by atoms with Crippen LogP contribution in [0.4, 0.5) is 0 Å². The molecule has 0 aliphatic rings. The van der Waals surface area contributed by atoms with Crippen LogP contribution in [0.5, 0.6) is 0 Å². The second-order valence-electron chi connectivity index (χ2n) is 11.4. The molecule has 0 aliphatic carbocycles. The van der Waals surface area contributed by atoms with E-state index in [0.29, 0.717) is 6.42 Å². The van der Waals surface area contributed by atoms with Gasteiger partial charge in [0.25, 0.3) is 0 Å². The van der Waals surface area contributed by atoms with Gasteiger partial charge in [-0.2, -0.15) is 0 Å². The summed E-state index contributed by atoms with van der Waals surface area (Å²) >= 11 is 0. The number of aliphatic hydroxyl groups excluding tert-OH is 3. The first-order chi connectivity index (χ1) is 13.3. The summed E-state index contributed by atoms with van der Waals surface area (Å²) in [5, 5.41) is 32.0. The van der Waals surface area contributed by atoms with Crippen molar-refractivity contribution in [1.82, 2.24) is 0 Å². The van der Waals surface area contributed by atoms with Crippen LogP contribution in [0.25, 0.3) is 0 Å². The molecule has 30 heavy (non-hydrogen) atoms. The zero-order chi connectivity index (χ0) is 24.1. The Morgan fingerprint density at radius 2 is 1.23 bits per heavy atom. The van der Waals surface area contributed by atoms with Gasteiger partial charge in [0, 0.05) is 0 Å². The normalized spacial score (nSPS) is 19.4. The lowest BCUT2D eigenvalue weighted by Crippen LogP contribution is -2.53. The zero-order valence-electron chi connectivity index (χ0n) is 21.2. The fourth-order valence-corrected chi connectivity index (χ4v) is 5.08. The fraction of sp³-hybridized carbons (Fsp3) is 0.826. The van der Waals surface area contributed by atoms with Gasteiger partial charge >= 0.3 is 0 Å². The van der Waals surface area contributed by atoms with Crippen molar-refractivity contribution in [2.75, 3.05) is 0 Å².